The number of thioether (sulfide) groups is 1. The molecule has 2 rings (SSSR count). The fourth-order valence-corrected chi connectivity index (χ4v) is 3.16. The van der Waals surface area contributed by atoms with Gasteiger partial charge in [-0.25, -0.2) is 9.97 Å². The summed E-state index contributed by atoms with van der Waals surface area (Å²) >= 11 is 3.21. The number of aromatic nitrogens is 4. The van der Waals surface area contributed by atoms with Crippen molar-refractivity contribution in [3.05, 3.63) is 27.7 Å². The third kappa shape index (κ3) is 4.31. The number of nitrogens with one attached hydrogen (secondary N) is 1. The van der Waals surface area contributed by atoms with Gasteiger partial charge in [0.2, 0.25) is 5.91 Å². The van der Waals surface area contributed by atoms with E-state index in [1.54, 1.807) is 35.0 Å². The summed E-state index contributed by atoms with van der Waals surface area (Å²) in [6.07, 6.45) is 0. The molecule has 0 radical (unpaired) electrons. The van der Waals surface area contributed by atoms with Crippen molar-refractivity contribution in [3.63, 3.8) is 0 Å². The first-order valence-electron chi connectivity index (χ1n) is 6.15. The number of thiazole rings is 1. The predicted molar refractivity (Wildman–Crippen MR) is 80.6 cm³/mol. The zero-order chi connectivity index (χ0) is 14.5. The molecular weight excluding hydrogens is 294 g/mol. The Morgan fingerprint density at radius 1 is 1.45 bits per heavy atom. The maximum atomic E-state index is 12.0. The quantitative estimate of drug-likeness (QED) is 0.880. The first kappa shape index (κ1) is 15.0. The van der Waals surface area contributed by atoms with Crippen molar-refractivity contribution in [1.29, 1.82) is 0 Å². The molecule has 0 aliphatic heterocycles. The summed E-state index contributed by atoms with van der Waals surface area (Å²) in [5.74, 6) is 2.68. The van der Waals surface area contributed by atoms with Gasteiger partial charge in [0.05, 0.1) is 23.0 Å². The van der Waals surface area contributed by atoms with Crippen molar-refractivity contribution >= 4 is 29.0 Å². The number of rotatable bonds is 6. The molecule has 108 valence electrons. The fraction of sp³-hybridized carbons (Fsp3) is 0.500. The molecule has 0 saturated heterocycles. The van der Waals surface area contributed by atoms with E-state index < -0.39 is 0 Å². The lowest BCUT2D eigenvalue weighted by Crippen LogP contribution is -2.28. The summed E-state index contributed by atoms with van der Waals surface area (Å²) in [7, 11) is 1.77. The number of aromatic amines is 1. The average molecular weight is 311 g/mol. The Hall–Kier alpha value is -1.41. The maximum absolute atomic E-state index is 12.0. The van der Waals surface area contributed by atoms with Gasteiger partial charge in [0.15, 0.2) is 5.82 Å². The van der Waals surface area contributed by atoms with Crippen LogP contribution in [0.3, 0.4) is 0 Å². The van der Waals surface area contributed by atoms with Crippen molar-refractivity contribution in [2.75, 3.05) is 12.8 Å². The van der Waals surface area contributed by atoms with E-state index in [1.807, 2.05) is 19.2 Å². The Balaban J connectivity index is 1.73. The normalized spacial score (nSPS) is 10.8. The molecule has 0 unspecified atom stereocenters. The molecule has 0 aliphatic carbocycles. The van der Waals surface area contributed by atoms with Gasteiger partial charge in [-0.1, -0.05) is 0 Å². The van der Waals surface area contributed by atoms with Gasteiger partial charge in [0.1, 0.15) is 5.82 Å². The molecule has 0 bridgehead atoms. The number of carbonyl (C=O) groups excluding carboxylic acids is 1. The summed E-state index contributed by atoms with van der Waals surface area (Å²) < 4.78 is 0. The highest BCUT2D eigenvalue weighted by Crippen LogP contribution is 2.15. The van der Waals surface area contributed by atoms with E-state index in [-0.39, 0.29) is 5.91 Å². The first-order valence-corrected chi connectivity index (χ1v) is 8.18. The van der Waals surface area contributed by atoms with E-state index in [0.717, 1.165) is 22.3 Å². The average Bonchev–Trinajstić information content (AvgIpc) is 2.98. The number of amides is 1. The van der Waals surface area contributed by atoms with Gasteiger partial charge in [-0.05, 0) is 13.8 Å². The number of carbonyl (C=O) groups is 1. The van der Waals surface area contributed by atoms with Crippen molar-refractivity contribution in [2.24, 2.45) is 0 Å². The van der Waals surface area contributed by atoms with Crippen LogP contribution < -0.4 is 0 Å². The molecule has 0 fully saturated rings. The van der Waals surface area contributed by atoms with Gasteiger partial charge in [-0.3, -0.25) is 9.89 Å². The molecule has 1 amide bonds. The lowest BCUT2D eigenvalue weighted by Gasteiger charge is -2.14. The molecule has 0 aliphatic rings. The highest BCUT2D eigenvalue weighted by molar-refractivity contribution is 7.99. The molecule has 6 nitrogen and oxygen atoms in total. The Kier molecular flexibility index (Phi) is 5.13. The smallest absolute Gasteiger partial charge is 0.232 e. The number of hydrogen-bond donors (Lipinski definition) is 1. The summed E-state index contributed by atoms with van der Waals surface area (Å²) in [4.78, 5) is 22.2. The maximum Gasteiger partial charge on any atom is 0.232 e. The van der Waals surface area contributed by atoms with Crippen LogP contribution in [-0.4, -0.2) is 43.8 Å². The minimum absolute atomic E-state index is 0.0735. The molecule has 8 heteroatoms. The van der Waals surface area contributed by atoms with E-state index in [0.29, 0.717) is 18.1 Å². The van der Waals surface area contributed by atoms with Gasteiger partial charge in [0, 0.05) is 18.2 Å². The minimum atomic E-state index is 0.0735. The monoisotopic (exact) mass is 311 g/mol. The molecule has 2 heterocycles. The third-order valence-corrected chi connectivity index (χ3v) is 4.36. The van der Waals surface area contributed by atoms with Crippen LogP contribution in [0.5, 0.6) is 0 Å². The third-order valence-electron chi connectivity index (χ3n) is 2.59. The standard InChI is InChI=1S/C12H17N5OS2/c1-8-13-11(16-15-8)4-17(3)12(18)7-19-5-10-6-20-9(2)14-10/h6H,4-5,7H2,1-3H3,(H,13,15,16). The van der Waals surface area contributed by atoms with Crippen LogP contribution in [0.25, 0.3) is 0 Å². The van der Waals surface area contributed by atoms with Crippen LogP contribution in [0, 0.1) is 13.8 Å². The van der Waals surface area contributed by atoms with Crippen LogP contribution in [0.4, 0.5) is 0 Å². The van der Waals surface area contributed by atoms with Crippen LogP contribution in [0.15, 0.2) is 5.38 Å². The summed E-state index contributed by atoms with van der Waals surface area (Å²) in [5.41, 5.74) is 1.04. The Morgan fingerprint density at radius 3 is 2.85 bits per heavy atom. The largest absolute Gasteiger partial charge is 0.337 e. The van der Waals surface area contributed by atoms with Gasteiger partial charge in [-0.15, -0.1) is 23.1 Å². The molecule has 2 aromatic heterocycles. The lowest BCUT2D eigenvalue weighted by molar-refractivity contribution is -0.127. The molecule has 0 atom stereocenters. The van der Waals surface area contributed by atoms with Crippen LogP contribution in [0.1, 0.15) is 22.4 Å². The zero-order valence-electron chi connectivity index (χ0n) is 11.7. The molecule has 0 spiro atoms. The summed E-state index contributed by atoms with van der Waals surface area (Å²) in [6, 6.07) is 0. The number of aryl methyl sites for hydroxylation is 2. The minimum Gasteiger partial charge on any atom is -0.337 e. The molecule has 20 heavy (non-hydrogen) atoms. The molecule has 1 N–H and O–H groups in total. The van der Waals surface area contributed by atoms with E-state index in [2.05, 4.69) is 20.2 Å². The first-order chi connectivity index (χ1) is 9.54. The van der Waals surface area contributed by atoms with Crippen LogP contribution >= 0.6 is 23.1 Å². The van der Waals surface area contributed by atoms with Crippen LogP contribution in [0.2, 0.25) is 0 Å². The van der Waals surface area contributed by atoms with Gasteiger partial charge in [-0.2, -0.15) is 5.10 Å². The second-order valence-electron chi connectivity index (χ2n) is 4.44. The van der Waals surface area contributed by atoms with E-state index in [4.69, 9.17) is 0 Å². The second kappa shape index (κ2) is 6.85. The summed E-state index contributed by atoms with van der Waals surface area (Å²) in [6.45, 7) is 4.25. The van der Waals surface area contributed by atoms with Crippen molar-refractivity contribution in [2.45, 2.75) is 26.1 Å². The summed E-state index contributed by atoms with van der Waals surface area (Å²) in [5, 5.41) is 9.89. The highest BCUT2D eigenvalue weighted by Gasteiger charge is 2.12. The van der Waals surface area contributed by atoms with E-state index >= 15 is 0 Å². The van der Waals surface area contributed by atoms with E-state index in [9.17, 15) is 4.79 Å². The zero-order valence-corrected chi connectivity index (χ0v) is 13.3. The van der Waals surface area contributed by atoms with Crippen molar-refractivity contribution in [1.82, 2.24) is 25.1 Å². The van der Waals surface area contributed by atoms with Crippen LogP contribution in [-0.2, 0) is 17.1 Å². The van der Waals surface area contributed by atoms with Crippen molar-refractivity contribution < 1.29 is 4.79 Å². The molecule has 0 aromatic carbocycles. The predicted octanol–water partition coefficient (Wildman–Crippen LogP) is 1.77. The van der Waals surface area contributed by atoms with Gasteiger partial charge < -0.3 is 4.90 Å². The SMILES string of the molecule is Cc1nc(CN(C)C(=O)CSCc2csc(C)n2)n[nH]1. The number of nitrogens with zero attached hydrogens (tertiary/aromatic N) is 4. The highest BCUT2D eigenvalue weighted by atomic mass is 32.2. The second-order valence-corrected chi connectivity index (χ2v) is 6.49. The molecular formula is C12H17N5OS2. The Morgan fingerprint density at radius 2 is 2.25 bits per heavy atom. The Bertz CT molecular complexity index is 580. The topological polar surface area (TPSA) is 74.8 Å². The van der Waals surface area contributed by atoms with Gasteiger partial charge in [0.25, 0.3) is 0 Å². The lowest BCUT2D eigenvalue weighted by atomic mass is 10.5. The fourth-order valence-electron chi connectivity index (χ4n) is 1.59. The number of H-pyrrole nitrogens is 1. The van der Waals surface area contributed by atoms with Gasteiger partial charge >= 0.3 is 0 Å². The Labute approximate surface area is 126 Å². The molecule has 0 saturated carbocycles. The number of hydrogen-bond acceptors (Lipinski definition) is 6. The van der Waals surface area contributed by atoms with E-state index in [1.165, 1.54) is 0 Å². The molecule has 2 aromatic rings. The van der Waals surface area contributed by atoms with Crippen molar-refractivity contribution in [3.8, 4) is 0 Å².